The molecule has 0 rings (SSSR count). The van der Waals surface area contributed by atoms with E-state index in [1.807, 2.05) is 0 Å². The lowest BCUT2D eigenvalue weighted by molar-refractivity contribution is -0.167. The van der Waals surface area contributed by atoms with Crippen molar-refractivity contribution in [2.75, 3.05) is 13.2 Å². The summed E-state index contributed by atoms with van der Waals surface area (Å²) >= 11 is 0. The summed E-state index contributed by atoms with van der Waals surface area (Å²) in [5.41, 5.74) is 0. The Kier molecular flexibility index (Phi) is 61.4. The van der Waals surface area contributed by atoms with Crippen LogP contribution in [-0.2, 0) is 28.6 Å². The zero-order chi connectivity index (χ0) is 56.4. The first-order valence-electron chi connectivity index (χ1n) is 32.2. The van der Waals surface area contributed by atoms with E-state index in [2.05, 4.69) is 154 Å². The standard InChI is InChI=1S/C72H118O6/c1-4-7-10-13-16-19-22-25-27-29-31-33-34-35-36-37-38-40-41-43-45-47-50-53-56-59-62-65-71(74)77-68-69(67-76-70(73)64-61-58-55-52-49-24-21-18-15-12-9-6-3)78-72(75)66-63-60-57-54-51-48-46-44-42-39-32-30-28-26-23-20-17-14-11-8-5-2/h7-8,10-11,16-17,19-20,25-28,31-33,35-36,38-40,44,46,69H,4-6,9,12-15,18,21-24,29-30,34,37,41-43,45,47-68H2,1-3H3/b10-7-,11-8-,19-16-,20-17-,27-25-,28-26-,33-31-,36-35-,39-32-,40-38-,46-44-. The number of carbonyl (C=O) groups is 3. The Morgan fingerprint density at radius 2 is 0.500 bits per heavy atom. The van der Waals surface area contributed by atoms with Crippen molar-refractivity contribution in [3.05, 3.63) is 134 Å². The van der Waals surface area contributed by atoms with Crippen molar-refractivity contribution in [1.82, 2.24) is 0 Å². The zero-order valence-electron chi connectivity index (χ0n) is 50.6. The van der Waals surface area contributed by atoms with Gasteiger partial charge in [-0.05, 0) is 116 Å². The van der Waals surface area contributed by atoms with Gasteiger partial charge in [-0.3, -0.25) is 14.4 Å². The molecular weight excluding hydrogens is 961 g/mol. The number of ether oxygens (including phenoxy) is 3. The number of hydrogen-bond acceptors (Lipinski definition) is 6. The van der Waals surface area contributed by atoms with Gasteiger partial charge in [0.25, 0.3) is 0 Å². The third-order valence-corrected chi connectivity index (χ3v) is 13.4. The quantitative estimate of drug-likeness (QED) is 0.0261. The average molecular weight is 1080 g/mol. The molecule has 442 valence electrons. The molecule has 0 radical (unpaired) electrons. The van der Waals surface area contributed by atoms with Crippen LogP contribution in [0.1, 0.15) is 284 Å². The van der Waals surface area contributed by atoms with Gasteiger partial charge in [-0.25, -0.2) is 0 Å². The van der Waals surface area contributed by atoms with E-state index in [-0.39, 0.29) is 31.1 Å². The lowest BCUT2D eigenvalue weighted by atomic mass is 10.0. The van der Waals surface area contributed by atoms with E-state index in [1.165, 1.54) is 89.9 Å². The first kappa shape index (κ1) is 73.5. The number of rotatable bonds is 57. The van der Waals surface area contributed by atoms with Crippen LogP contribution in [0.3, 0.4) is 0 Å². The predicted molar refractivity (Wildman–Crippen MR) is 339 cm³/mol. The van der Waals surface area contributed by atoms with E-state index in [0.717, 1.165) is 154 Å². The molecule has 0 aliphatic carbocycles. The minimum Gasteiger partial charge on any atom is -0.462 e. The van der Waals surface area contributed by atoms with Gasteiger partial charge in [-0.1, -0.05) is 283 Å². The number of unbranched alkanes of at least 4 members (excludes halogenated alkanes) is 24. The van der Waals surface area contributed by atoms with Crippen LogP contribution in [0.5, 0.6) is 0 Å². The largest absolute Gasteiger partial charge is 0.462 e. The maximum Gasteiger partial charge on any atom is 0.306 e. The van der Waals surface area contributed by atoms with E-state index in [1.54, 1.807) is 0 Å². The fourth-order valence-electron chi connectivity index (χ4n) is 8.65. The molecule has 0 spiro atoms. The number of carbonyl (C=O) groups excluding carboxylic acids is 3. The van der Waals surface area contributed by atoms with Gasteiger partial charge in [-0.2, -0.15) is 0 Å². The van der Waals surface area contributed by atoms with Gasteiger partial charge in [-0.15, -0.1) is 0 Å². The van der Waals surface area contributed by atoms with E-state index in [0.29, 0.717) is 19.3 Å². The van der Waals surface area contributed by atoms with Crippen molar-refractivity contribution in [2.45, 2.75) is 290 Å². The summed E-state index contributed by atoms with van der Waals surface area (Å²) < 4.78 is 16.9. The molecule has 0 heterocycles. The van der Waals surface area contributed by atoms with Crippen LogP contribution in [0.15, 0.2) is 134 Å². The second kappa shape index (κ2) is 65.1. The molecule has 0 saturated carbocycles. The van der Waals surface area contributed by atoms with Crippen molar-refractivity contribution in [3.8, 4) is 0 Å². The third kappa shape index (κ3) is 62.4. The molecule has 0 bridgehead atoms. The van der Waals surface area contributed by atoms with Gasteiger partial charge in [0.15, 0.2) is 6.10 Å². The summed E-state index contributed by atoms with van der Waals surface area (Å²) in [6.07, 6.45) is 91.6. The van der Waals surface area contributed by atoms with E-state index in [4.69, 9.17) is 14.2 Å². The van der Waals surface area contributed by atoms with Crippen LogP contribution in [0.4, 0.5) is 0 Å². The Bertz CT molecular complexity index is 1670. The van der Waals surface area contributed by atoms with Gasteiger partial charge in [0.1, 0.15) is 13.2 Å². The molecule has 0 aromatic carbocycles. The van der Waals surface area contributed by atoms with E-state index < -0.39 is 6.10 Å². The topological polar surface area (TPSA) is 78.9 Å². The van der Waals surface area contributed by atoms with Gasteiger partial charge in [0, 0.05) is 19.3 Å². The summed E-state index contributed by atoms with van der Waals surface area (Å²) in [4.78, 5) is 38.3. The molecule has 0 N–H and O–H groups in total. The van der Waals surface area contributed by atoms with Crippen molar-refractivity contribution in [2.24, 2.45) is 0 Å². The lowest BCUT2D eigenvalue weighted by Crippen LogP contribution is -2.30. The van der Waals surface area contributed by atoms with Gasteiger partial charge in [0.05, 0.1) is 0 Å². The highest BCUT2D eigenvalue weighted by atomic mass is 16.6. The summed E-state index contributed by atoms with van der Waals surface area (Å²) in [7, 11) is 0. The summed E-state index contributed by atoms with van der Waals surface area (Å²) in [6.45, 7) is 6.40. The summed E-state index contributed by atoms with van der Waals surface area (Å²) in [5.74, 6) is -0.915. The Labute approximate surface area is 481 Å². The van der Waals surface area contributed by atoms with Gasteiger partial charge in [0.2, 0.25) is 0 Å². The highest BCUT2D eigenvalue weighted by Crippen LogP contribution is 2.15. The number of esters is 3. The Morgan fingerprint density at radius 1 is 0.269 bits per heavy atom. The van der Waals surface area contributed by atoms with Crippen molar-refractivity contribution < 1.29 is 28.6 Å². The lowest BCUT2D eigenvalue weighted by Gasteiger charge is -2.18. The highest BCUT2D eigenvalue weighted by molar-refractivity contribution is 5.71. The molecule has 78 heavy (non-hydrogen) atoms. The van der Waals surface area contributed by atoms with Crippen LogP contribution >= 0.6 is 0 Å². The van der Waals surface area contributed by atoms with Gasteiger partial charge >= 0.3 is 17.9 Å². The van der Waals surface area contributed by atoms with Gasteiger partial charge < -0.3 is 14.2 Å². The Balaban J connectivity index is 4.37. The second-order valence-corrected chi connectivity index (χ2v) is 20.9. The normalized spacial score (nSPS) is 13.0. The third-order valence-electron chi connectivity index (χ3n) is 13.4. The Morgan fingerprint density at radius 3 is 0.782 bits per heavy atom. The van der Waals surface area contributed by atoms with Crippen LogP contribution in [0, 0.1) is 0 Å². The monoisotopic (exact) mass is 1080 g/mol. The molecule has 0 aliphatic heterocycles. The zero-order valence-corrected chi connectivity index (χ0v) is 50.6. The molecule has 0 aromatic rings. The molecule has 0 amide bonds. The first-order chi connectivity index (χ1) is 38.5. The van der Waals surface area contributed by atoms with E-state index in [9.17, 15) is 14.4 Å². The number of hydrogen-bond donors (Lipinski definition) is 0. The van der Waals surface area contributed by atoms with Crippen molar-refractivity contribution in [1.29, 1.82) is 0 Å². The van der Waals surface area contributed by atoms with Crippen molar-refractivity contribution in [3.63, 3.8) is 0 Å². The summed E-state index contributed by atoms with van der Waals surface area (Å²) in [5, 5.41) is 0. The predicted octanol–water partition coefficient (Wildman–Crippen LogP) is 22.2. The molecule has 0 aliphatic rings. The fourth-order valence-corrected chi connectivity index (χ4v) is 8.65. The first-order valence-corrected chi connectivity index (χ1v) is 32.2. The number of allylic oxidation sites excluding steroid dienone is 22. The molecule has 1 unspecified atom stereocenters. The molecule has 6 nitrogen and oxygen atoms in total. The maximum atomic E-state index is 12.9. The summed E-state index contributed by atoms with van der Waals surface area (Å²) in [6, 6.07) is 0. The molecule has 0 saturated heterocycles. The molecular formula is C72H118O6. The van der Waals surface area contributed by atoms with Crippen LogP contribution < -0.4 is 0 Å². The molecule has 0 aromatic heterocycles. The van der Waals surface area contributed by atoms with Crippen molar-refractivity contribution >= 4 is 17.9 Å². The van der Waals surface area contributed by atoms with Crippen LogP contribution in [-0.4, -0.2) is 37.2 Å². The minimum absolute atomic E-state index is 0.0900. The molecule has 6 heteroatoms. The second-order valence-electron chi connectivity index (χ2n) is 20.9. The highest BCUT2D eigenvalue weighted by Gasteiger charge is 2.19. The Hall–Kier alpha value is -4.45. The molecule has 1 atom stereocenters. The van der Waals surface area contributed by atoms with Crippen LogP contribution in [0.25, 0.3) is 0 Å². The fraction of sp³-hybridized carbons (Fsp3) is 0.653. The molecule has 0 fully saturated rings. The SMILES string of the molecule is CC/C=C\C/C=C\C/C=C\C/C=C\C/C=C\C/C=C\CCCCCCCCCCC(=O)OCC(COC(=O)CCCCCCCCCCCCCC)OC(=O)CCCCCCC/C=C\C/C=C\C/C=C\C/C=C\C/C=C\CC. The van der Waals surface area contributed by atoms with E-state index >= 15 is 0 Å². The smallest absolute Gasteiger partial charge is 0.306 e. The van der Waals surface area contributed by atoms with Crippen LogP contribution in [0.2, 0.25) is 0 Å². The maximum absolute atomic E-state index is 12.9. The average Bonchev–Trinajstić information content (AvgIpc) is 3.44. The minimum atomic E-state index is -0.796.